The van der Waals surface area contributed by atoms with Crippen LogP contribution in [0, 0.1) is 6.92 Å². The van der Waals surface area contributed by atoms with Crippen LogP contribution < -0.4 is 5.32 Å². The minimum atomic E-state index is 0.0232. The smallest absolute Gasteiger partial charge is 0.239 e. The van der Waals surface area contributed by atoms with Crippen molar-refractivity contribution < 1.29 is 4.79 Å². The predicted molar refractivity (Wildman–Crippen MR) is 95.8 cm³/mol. The molecule has 0 unspecified atom stereocenters. The van der Waals surface area contributed by atoms with Crippen LogP contribution in [0.15, 0.2) is 30.3 Å². The lowest BCUT2D eigenvalue weighted by molar-refractivity contribution is -0.117. The molecule has 0 radical (unpaired) electrons. The fraction of sp³-hybridized carbons (Fsp3) is 0.474. The van der Waals surface area contributed by atoms with Crippen molar-refractivity contribution in [2.45, 2.75) is 45.7 Å². The Balaban J connectivity index is 1.61. The van der Waals surface area contributed by atoms with Gasteiger partial charge < -0.3 is 5.32 Å². The molecule has 1 aliphatic rings. The Morgan fingerprint density at radius 3 is 2.50 bits per heavy atom. The van der Waals surface area contributed by atoms with Crippen LogP contribution in [0.4, 0.5) is 5.82 Å². The van der Waals surface area contributed by atoms with E-state index in [1.807, 2.05) is 20.0 Å². The number of amides is 1. The van der Waals surface area contributed by atoms with Gasteiger partial charge in [-0.2, -0.15) is 5.10 Å². The van der Waals surface area contributed by atoms with Crippen molar-refractivity contribution in [3.63, 3.8) is 0 Å². The number of aryl methyl sites for hydroxylation is 3. The number of benzene rings is 1. The van der Waals surface area contributed by atoms with Crippen molar-refractivity contribution in [1.29, 1.82) is 0 Å². The monoisotopic (exact) mass is 326 g/mol. The summed E-state index contributed by atoms with van der Waals surface area (Å²) < 4.78 is 1.71. The summed E-state index contributed by atoms with van der Waals surface area (Å²) in [5.41, 5.74) is 3.52. The van der Waals surface area contributed by atoms with E-state index in [4.69, 9.17) is 0 Å². The summed E-state index contributed by atoms with van der Waals surface area (Å²) >= 11 is 0. The van der Waals surface area contributed by atoms with E-state index in [9.17, 15) is 4.79 Å². The Bertz CT molecular complexity index is 701. The summed E-state index contributed by atoms with van der Waals surface area (Å²) in [5.74, 6) is 0.774. The lowest BCUT2D eigenvalue weighted by atomic mass is 10.1. The van der Waals surface area contributed by atoms with Gasteiger partial charge in [0.1, 0.15) is 5.82 Å². The highest BCUT2D eigenvalue weighted by Crippen LogP contribution is 2.28. The van der Waals surface area contributed by atoms with E-state index >= 15 is 0 Å². The van der Waals surface area contributed by atoms with Gasteiger partial charge in [-0.3, -0.25) is 14.4 Å². The average molecular weight is 326 g/mol. The Morgan fingerprint density at radius 1 is 1.29 bits per heavy atom. The summed E-state index contributed by atoms with van der Waals surface area (Å²) in [7, 11) is 1.84. The second kappa shape index (κ2) is 7.18. The Hall–Kier alpha value is -2.14. The van der Waals surface area contributed by atoms with Gasteiger partial charge in [-0.05, 0) is 37.3 Å². The van der Waals surface area contributed by atoms with Gasteiger partial charge in [0.05, 0.1) is 12.2 Å². The molecule has 128 valence electrons. The average Bonchev–Trinajstić information content (AvgIpc) is 3.34. The zero-order valence-electron chi connectivity index (χ0n) is 14.7. The highest BCUT2D eigenvalue weighted by molar-refractivity contribution is 5.91. The minimum Gasteiger partial charge on any atom is -0.310 e. The molecule has 24 heavy (non-hydrogen) atoms. The molecule has 1 saturated carbocycles. The molecule has 1 fully saturated rings. The number of nitrogens with zero attached hydrogens (tertiary/aromatic N) is 3. The van der Waals surface area contributed by atoms with Crippen LogP contribution in [0.2, 0.25) is 0 Å². The molecule has 1 N–H and O–H groups in total. The molecule has 0 atom stereocenters. The van der Waals surface area contributed by atoms with E-state index in [2.05, 4.69) is 46.5 Å². The number of rotatable bonds is 7. The van der Waals surface area contributed by atoms with Crippen molar-refractivity contribution in [3.8, 4) is 0 Å². The summed E-state index contributed by atoms with van der Waals surface area (Å²) in [4.78, 5) is 14.7. The first-order valence-electron chi connectivity index (χ1n) is 8.67. The SMILES string of the molecule is CCc1ccc(CN(CC(=O)Nc2cc(C)nn2C)C2CC2)cc1. The van der Waals surface area contributed by atoms with Crippen molar-refractivity contribution >= 4 is 11.7 Å². The molecule has 5 heteroatoms. The van der Waals surface area contributed by atoms with E-state index in [1.54, 1.807) is 4.68 Å². The minimum absolute atomic E-state index is 0.0232. The number of hydrogen-bond donors (Lipinski definition) is 1. The maximum atomic E-state index is 12.4. The number of anilines is 1. The van der Waals surface area contributed by atoms with E-state index < -0.39 is 0 Å². The van der Waals surface area contributed by atoms with Crippen LogP contribution in [0.3, 0.4) is 0 Å². The van der Waals surface area contributed by atoms with Crippen molar-refractivity contribution in [2.24, 2.45) is 7.05 Å². The largest absolute Gasteiger partial charge is 0.310 e. The lowest BCUT2D eigenvalue weighted by Gasteiger charge is -2.21. The molecule has 0 bridgehead atoms. The standard InChI is InChI=1S/C19H26N4O/c1-4-15-5-7-16(8-6-15)12-23(17-9-10-17)13-19(24)20-18-11-14(2)21-22(18)3/h5-8,11,17H,4,9-10,12-13H2,1-3H3,(H,20,24). The third kappa shape index (κ3) is 4.23. The third-order valence-electron chi connectivity index (χ3n) is 4.50. The number of carbonyl (C=O) groups excluding carboxylic acids is 1. The van der Waals surface area contributed by atoms with Crippen molar-refractivity contribution in [1.82, 2.24) is 14.7 Å². The second-order valence-electron chi connectivity index (χ2n) is 6.65. The molecule has 2 aromatic rings. The molecule has 1 aromatic carbocycles. The summed E-state index contributed by atoms with van der Waals surface area (Å²) in [6.45, 7) is 5.33. The van der Waals surface area contributed by atoms with Crippen LogP contribution >= 0.6 is 0 Å². The first-order chi connectivity index (χ1) is 11.5. The van der Waals surface area contributed by atoms with Gasteiger partial charge in [0.25, 0.3) is 0 Å². The van der Waals surface area contributed by atoms with E-state index in [1.165, 1.54) is 24.0 Å². The number of hydrogen-bond acceptors (Lipinski definition) is 3. The second-order valence-corrected chi connectivity index (χ2v) is 6.65. The number of nitrogens with one attached hydrogen (secondary N) is 1. The highest BCUT2D eigenvalue weighted by Gasteiger charge is 2.30. The Morgan fingerprint density at radius 2 is 1.96 bits per heavy atom. The molecule has 1 amide bonds. The van der Waals surface area contributed by atoms with Gasteiger partial charge in [0.15, 0.2) is 0 Å². The first kappa shape index (κ1) is 16.7. The van der Waals surface area contributed by atoms with Gasteiger partial charge in [-0.25, -0.2) is 0 Å². The van der Waals surface area contributed by atoms with Crippen LogP contribution in [0.5, 0.6) is 0 Å². The molecule has 1 aromatic heterocycles. The molecule has 0 spiro atoms. The van der Waals surface area contributed by atoms with E-state index in [0.717, 1.165) is 24.5 Å². The molecule has 5 nitrogen and oxygen atoms in total. The fourth-order valence-electron chi connectivity index (χ4n) is 2.96. The summed E-state index contributed by atoms with van der Waals surface area (Å²) in [5, 5.41) is 7.23. The number of aromatic nitrogens is 2. The molecule has 3 rings (SSSR count). The van der Waals surface area contributed by atoms with Gasteiger partial charge in [0.2, 0.25) is 5.91 Å². The maximum Gasteiger partial charge on any atom is 0.239 e. The highest BCUT2D eigenvalue weighted by atomic mass is 16.2. The van der Waals surface area contributed by atoms with Crippen molar-refractivity contribution in [2.75, 3.05) is 11.9 Å². The van der Waals surface area contributed by atoms with Gasteiger partial charge >= 0.3 is 0 Å². The van der Waals surface area contributed by atoms with Crippen molar-refractivity contribution in [3.05, 3.63) is 47.2 Å². The van der Waals surface area contributed by atoms with Gasteiger partial charge in [-0.1, -0.05) is 31.2 Å². The Kier molecular flexibility index (Phi) is 5.00. The van der Waals surface area contributed by atoms with Gasteiger partial charge in [0, 0.05) is 25.7 Å². The quantitative estimate of drug-likeness (QED) is 0.851. The zero-order valence-corrected chi connectivity index (χ0v) is 14.7. The number of carbonyl (C=O) groups is 1. The normalized spacial score (nSPS) is 14.2. The van der Waals surface area contributed by atoms with Crippen LogP contribution in [-0.2, 0) is 24.8 Å². The van der Waals surface area contributed by atoms with E-state index in [-0.39, 0.29) is 5.91 Å². The molecule has 1 aliphatic carbocycles. The summed E-state index contributed by atoms with van der Waals surface area (Å²) in [6.07, 6.45) is 3.43. The molecular weight excluding hydrogens is 300 g/mol. The van der Waals surface area contributed by atoms with Crippen LogP contribution in [0.25, 0.3) is 0 Å². The van der Waals surface area contributed by atoms with E-state index in [0.29, 0.717) is 12.6 Å². The predicted octanol–water partition coefficient (Wildman–Crippen LogP) is 2.89. The maximum absolute atomic E-state index is 12.4. The lowest BCUT2D eigenvalue weighted by Crippen LogP contribution is -2.34. The molecule has 0 aliphatic heterocycles. The topological polar surface area (TPSA) is 50.2 Å². The Labute approximate surface area is 143 Å². The third-order valence-corrected chi connectivity index (χ3v) is 4.50. The molecular formula is C19H26N4O. The molecule has 0 saturated heterocycles. The van der Waals surface area contributed by atoms with Crippen LogP contribution in [-0.4, -0.2) is 33.2 Å². The first-order valence-corrected chi connectivity index (χ1v) is 8.67. The zero-order chi connectivity index (χ0) is 17.1. The summed E-state index contributed by atoms with van der Waals surface area (Å²) in [6, 6.07) is 11.1. The van der Waals surface area contributed by atoms with Crippen LogP contribution in [0.1, 0.15) is 36.6 Å². The van der Waals surface area contributed by atoms with Gasteiger partial charge in [-0.15, -0.1) is 0 Å². The molecule has 1 heterocycles. The fourth-order valence-corrected chi connectivity index (χ4v) is 2.96.